The number of anilines is 1. The number of rotatable bonds is 4. The van der Waals surface area contributed by atoms with Gasteiger partial charge in [-0.25, -0.2) is 9.97 Å². The van der Waals surface area contributed by atoms with E-state index in [4.69, 9.17) is 0 Å². The van der Waals surface area contributed by atoms with E-state index in [1.165, 1.54) is 6.07 Å². The maximum atomic E-state index is 11.0. The zero-order chi connectivity index (χ0) is 14.8. The lowest BCUT2D eigenvalue weighted by Gasteiger charge is -2.08. The van der Waals surface area contributed by atoms with Crippen LogP contribution in [0.2, 0.25) is 0 Å². The molecule has 0 aliphatic heterocycles. The molecule has 0 saturated carbocycles. The Hall–Kier alpha value is -2.54. The smallest absolute Gasteiger partial charge is 0.295 e. The highest BCUT2D eigenvalue weighted by atomic mass is 32.1. The average Bonchev–Trinajstić information content (AvgIpc) is 2.90. The molecule has 1 N–H and O–H groups in total. The first-order valence-electron chi connectivity index (χ1n) is 6.32. The van der Waals surface area contributed by atoms with E-state index in [2.05, 4.69) is 15.3 Å². The molecule has 0 spiro atoms. The number of thiazole rings is 1. The summed E-state index contributed by atoms with van der Waals surface area (Å²) in [6, 6.07) is 6.78. The van der Waals surface area contributed by atoms with Crippen LogP contribution in [0.5, 0.6) is 0 Å². The summed E-state index contributed by atoms with van der Waals surface area (Å²) in [4.78, 5) is 20.2. The van der Waals surface area contributed by atoms with Crippen LogP contribution in [0, 0.1) is 17.0 Å². The van der Waals surface area contributed by atoms with Gasteiger partial charge in [0.25, 0.3) is 5.69 Å². The third-order valence-corrected chi connectivity index (χ3v) is 3.96. The summed E-state index contributed by atoms with van der Waals surface area (Å²) in [7, 11) is 0. The van der Waals surface area contributed by atoms with Crippen LogP contribution in [-0.2, 0) is 6.54 Å². The lowest BCUT2D eigenvalue weighted by Crippen LogP contribution is -2.01. The summed E-state index contributed by atoms with van der Waals surface area (Å²) in [6.07, 6.45) is 3.39. The fourth-order valence-corrected chi connectivity index (χ4v) is 2.84. The molecule has 0 atom stereocenters. The molecule has 0 aliphatic carbocycles. The van der Waals surface area contributed by atoms with Gasteiger partial charge in [0.1, 0.15) is 10.5 Å². The van der Waals surface area contributed by atoms with Crippen molar-refractivity contribution in [1.82, 2.24) is 9.97 Å². The molecule has 6 nitrogen and oxygen atoms in total. The van der Waals surface area contributed by atoms with Crippen molar-refractivity contribution in [3.05, 3.63) is 56.7 Å². The summed E-state index contributed by atoms with van der Waals surface area (Å²) >= 11 is 1.62. The van der Waals surface area contributed by atoms with Crippen LogP contribution in [0.1, 0.15) is 9.88 Å². The molecular weight excluding hydrogens is 288 g/mol. The number of fused-ring (bicyclic) bond motifs is 1. The van der Waals surface area contributed by atoms with Crippen molar-refractivity contribution in [1.29, 1.82) is 0 Å². The number of aromatic nitrogens is 2. The van der Waals surface area contributed by atoms with E-state index in [1.807, 2.05) is 19.2 Å². The second-order valence-corrected chi connectivity index (χ2v) is 5.83. The number of hydrogen-bond acceptors (Lipinski definition) is 6. The SMILES string of the molecule is Cc1cnc(CNc2ccc([N+](=O)[O-])c3ncccc23)s1. The van der Waals surface area contributed by atoms with Crippen LogP contribution < -0.4 is 5.32 Å². The topological polar surface area (TPSA) is 81.0 Å². The molecule has 7 heteroatoms. The molecule has 1 aromatic carbocycles. The van der Waals surface area contributed by atoms with E-state index >= 15 is 0 Å². The number of non-ortho nitro benzene ring substituents is 1. The van der Waals surface area contributed by atoms with Crippen LogP contribution in [-0.4, -0.2) is 14.9 Å². The fraction of sp³-hybridized carbons (Fsp3) is 0.143. The molecule has 21 heavy (non-hydrogen) atoms. The predicted octanol–water partition coefficient (Wildman–Crippen LogP) is 3.52. The Morgan fingerprint density at radius 3 is 2.90 bits per heavy atom. The number of hydrogen-bond donors (Lipinski definition) is 1. The number of pyridine rings is 1. The van der Waals surface area contributed by atoms with Gasteiger partial charge < -0.3 is 5.32 Å². The van der Waals surface area contributed by atoms with Gasteiger partial charge in [-0.15, -0.1) is 11.3 Å². The predicted molar refractivity (Wildman–Crippen MR) is 82.6 cm³/mol. The standard InChI is InChI=1S/C14H12N4O2S/c1-9-7-17-13(21-9)8-16-11-4-5-12(18(19)20)14-10(11)3-2-6-15-14/h2-7,16H,8H2,1H3. The molecule has 0 radical (unpaired) electrons. The van der Waals surface area contributed by atoms with Crippen molar-refractivity contribution < 1.29 is 4.92 Å². The third-order valence-electron chi connectivity index (χ3n) is 3.04. The summed E-state index contributed by atoms with van der Waals surface area (Å²) in [5.74, 6) is 0. The van der Waals surface area contributed by atoms with Gasteiger partial charge in [0.2, 0.25) is 0 Å². The molecule has 0 bridgehead atoms. The van der Waals surface area contributed by atoms with Crippen molar-refractivity contribution in [2.75, 3.05) is 5.32 Å². The first-order chi connectivity index (χ1) is 10.1. The van der Waals surface area contributed by atoms with Gasteiger partial charge in [-0.2, -0.15) is 0 Å². The van der Waals surface area contributed by atoms with Crippen LogP contribution in [0.25, 0.3) is 10.9 Å². The molecule has 2 aromatic heterocycles. The quantitative estimate of drug-likeness (QED) is 0.589. The maximum absolute atomic E-state index is 11.0. The van der Waals surface area contributed by atoms with Crippen molar-refractivity contribution in [2.45, 2.75) is 13.5 Å². The van der Waals surface area contributed by atoms with Gasteiger partial charge >= 0.3 is 0 Å². The van der Waals surface area contributed by atoms with E-state index in [0.717, 1.165) is 21.0 Å². The van der Waals surface area contributed by atoms with E-state index in [1.54, 1.807) is 29.7 Å². The Morgan fingerprint density at radius 1 is 1.33 bits per heavy atom. The van der Waals surface area contributed by atoms with E-state index in [9.17, 15) is 10.1 Å². The van der Waals surface area contributed by atoms with Gasteiger partial charge in [-0.1, -0.05) is 0 Å². The second-order valence-electron chi connectivity index (χ2n) is 4.51. The van der Waals surface area contributed by atoms with Crippen LogP contribution in [0.15, 0.2) is 36.7 Å². The number of nitrogens with one attached hydrogen (secondary N) is 1. The van der Waals surface area contributed by atoms with Gasteiger partial charge in [-0.3, -0.25) is 10.1 Å². The molecule has 2 heterocycles. The Balaban J connectivity index is 1.96. The summed E-state index contributed by atoms with van der Waals surface area (Å²) in [6.45, 7) is 2.59. The van der Waals surface area contributed by atoms with Gasteiger partial charge in [-0.05, 0) is 25.1 Å². The van der Waals surface area contributed by atoms with Crippen LogP contribution in [0.4, 0.5) is 11.4 Å². The monoisotopic (exact) mass is 300 g/mol. The highest BCUT2D eigenvalue weighted by molar-refractivity contribution is 7.11. The Kier molecular flexibility index (Phi) is 3.49. The van der Waals surface area contributed by atoms with Crippen molar-refractivity contribution >= 4 is 33.6 Å². The zero-order valence-electron chi connectivity index (χ0n) is 11.2. The second kappa shape index (κ2) is 5.45. The molecule has 0 unspecified atom stereocenters. The first kappa shape index (κ1) is 13.4. The lowest BCUT2D eigenvalue weighted by molar-refractivity contribution is -0.383. The molecule has 0 amide bonds. The molecule has 3 aromatic rings. The van der Waals surface area contributed by atoms with Gasteiger partial charge in [0, 0.05) is 34.4 Å². The van der Waals surface area contributed by atoms with Crippen molar-refractivity contribution in [3.63, 3.8) is 0 Å². The number of aryl methyl sites for hydroxylation is 1. The van der Waals surface area contributed by atoms with Crippen LogP contribution >= 0.6 is 11.3 Å². The molecule has 0 aliphatic rings. The molecular formula is C14H12N4O2S. The molecule has 0 saturated heterocycles. The fourth-order valence-electron chi connectivity index (χ4n) is 2.11. The Labute approximate surface area is 124 Å². The average molecular weight is 300 g/mol. The summed E-state index contributed by atoms with van der Waals surface area (Å²) in [5.41, 5.74) is 1.22. The number of benzene rings is 1. The van der Waals surface area contributed by atoms with Gasteiger partial charge in [0.05, 0.1) is 11.5 Å². The zero-order valence-corrected chi connectivity index (χ0v) is 12.1. The highest BCUT2D eigenvalue weighted by Gasteiger charge is 2.15. The minimum Gasteiger partial charge on any atom is -0.378 e. The third kappa shape index (κ3) is 2.68. The highest BCUT2D eigenvalue weighted by Crippen LogP contribution is 2.30. The van der Waals surface area contributed by atoms with Crippen molar-refractivity contribution in [2.24, 2.45) is 0 Å². The lowest BCUT2D eigenvalue weighted by atomic mass is 10.1. The van der Waals surface area contributed by atoms with Gasteiger partial charge in [0.15, 0.2) is 0 Å². The Bertz CT molecular complexity index is 816. The van der Waals surface area contributed by atoms with E-state index in [0.29, 0.717) is 12.1 Å². The largest absolute Gasteiger partial charge is 0.378 e. The molecule has 106 valence electrons. The minimum absolute atomic E-state index is 0.0150. The van der Waals surface area contributed by atoms with Crippen LogP contribution in [0.3, 0.4) is 0 Å². The summed E-state index contributed by atoms with van der Waals surface area (Å²) < 4.78 is 0. The van der Waals surface area contributed by atoms with Crippen molar-refractivity contribution in [3.8, 4) is 0 Å². The molecule has 0 fully saturated rings. The normalized spacial score (nSPS) is 10.7. The summed E-state index contributed by atoms with van der Waals surface area (Å²) in [5, 5.41) is 16.0. The number of nitrogens with zero attached hydrogens (tertiary/aromatic N) is 3. The number of nitro benzene ring substituents is 1. The van der Waals surface area contributed by atoms with E-state index in [-0.39, 0.29) is 5.69 Å². The molecule has 3 rings (SSSR count). The van der Waals surface area contributed by atoms with E-state index < -0.39 is 4.92 Å². The number of nitro groups is 1. The Morgan fingerprint density at radius 2 is 2.19 bits per heavy atom. The maximum Gasteiger partial charge on any atom is 0.295 e. The first-order valence-corrected chi connectivity index (χ1v) is 7.14. The minimum atomic E-state index is -0.413.